The molecule has 1 aliphatic heterocycles. The Balaban J connectivity index is 1.58. The second-order valence-electron chi connectivity index (χ2n) is 7.27. The van der Waals surface area contributed by atoms with E-state index in [0.717, 1.165) is 12.8 Å². The van der Waals surface area contributed by atoms with Crippen molar-refractivity contribution in [3.63, 3.8) is 0 Å². The molecule has 1 aliphatic rings. The number of aryl methyl sites for hydroxylation is 1. The molecule has 2 heterocycles. The Bertz CT molecular complexity index is 799. The van der Waals surface area contributed by atoms with Crippen LogP contribution in [-0.2, 0) is 17.6 Å². The summed E-state index contributed by atoms with van der Waals surface area (Å²) in [4.78, 5) is 28.7. The van der Waals surface area contributed by atoms with Gasteiger partial charge in [0.1, 0.15) is 0 Å². The minimum atomic E-state index is -0.820. The summed E-state index contributed by atoms with van der Waals surface area (Å²) in [5, 5.41) is 13.4. The van der Waals surface area contributed by atoms with E-state index < -0.39 is 11.9 Å². The van der Waals surface area contributed by atoms with Crippen molar-refractivity contribution in [1.29, 1.82) is 0 Å². The third-order valence-corrected chi connectivity index (χ3v) is 5.24. The van der Waals surface area contributed by atoms with Crippen LogP contribution in [0.25, 0.3) is 10.9 Å². The van der Waals surface area contributed by atoms with Gasteiger partial charge in [0.05, 0.1) is 5.92 Å². The second-order valence-corrected chi connectivity index (χ2v) is 7.27. The van der Waals surface area contributed by atoms with Crippen molar-refractivity contribution in [2.75, 3.05) is 19.6 Å². The molecule has 1 fully saturated rings. The monoisotopic (exact) mass is 357 g/mol. The van der Waals surface area contributed by atoms with Gasteiger partial charge >= 0.3 is 12.0 Å². The maximum Gasteiger partial charge on any atom is 0.317 e. The summed E-state index contributed by atoms with van der Waals surface area (Å²) in [5.41, 5.74) is 3.65. The van der Waals surface area contributed by atoms with Crippen molar-refractivity contribution < 1.29 is 14.7 Å². The van der Waals surface area contributed by atoms with E-state index in [1.54, 1.807) is 4.90 Å². The fourth-order valence-corrected chi connectivity index (χ4v) is 3.89. The number of aromatic amines is 1. The van der Waals surface area contributed by atoms with Gasteiger partial charge in [0.2, 0.25) is 0 Å². The largest absolute Gasteiger partial charge is 0.481 e. The number of likely N-dealkylation sites (tertiary alicyclic amines) is 1. The fourth-order valence-electron chi connectivity index (χ4n) is 3.89. The number of amides is 2. The number of aliphatic carboxylic acids is 1. The number of rotatable bonds is 5. The molecule has 1 aromatic carbocycles. The molecule has 1 aromatic heterocycles. The van der Waals surface area contributed by atoms with Crippen molar-refractivity contribution in [2.45, 2.75) is 33.1 Å². The van der Waals surface area contributed by atoms with Gasteiger partial charge in [0.15, 0.2) is 0 Å². The Morgan fingerprint density at radius 2 is 2.12 bits per heavy atom. The molecule has 2 amide bonds. The van der Waals surface area contributed by atoms with Crippen molar-refractivity contribution >= 4 is 22.9 Å². The van der Waals surface area contributed by atoms with Gasteiger partial charge in [-0.05, 0) is 36.3 Å². The topological polar surface area (TPSA) is 85.4 Å². The van der Waals surface area contributed by atoms with Crippen LogP contribution in [0.4, 0.5) is 4.79 Å². The number of carboxylic acid groups (broad SMARTS) is 1. The lowest BCUT2D eigenvalue weighted by Crippen LogP contribution is -2.49. The maximum absolute atomic E-state index is 12.4. The highest BCUT2D eigenvalue weighted by Gasteiger charge is 2.31. The Morgan fingerprint density at radius 3 is 2.85 bits per heavy atom. The lowest BCUT2D eigenvalue weighted by molar-refractivity contribution is -0.143. The first kappa shape index (κ1) is 18.3. The molecule has 0 saturated carbocycles. The van der Waals surface area contributed by atoms with Gasteiger partial charge in [-0.3, -0.25) is 4.79 Å². The quantitative estimate of drug-likeness (QED) is 0.769. The molecular weight excluding hydrogens is 330 g/mol. The minimum Gasteiger partial charge on any atom is -0.481 e. The van der Waals surface area contributed by atoms with E-state index in [-0.39, 0.29) is 11.9 Å². The zero-order valence-corrected chi connectivity index (χ0v) is 15.4. The van der Waals surface area contributed by atoms with Crippen LogP contribution in [0.2, 0.25) is 0 Å². The fraction of sp³-hybridized carbons (Fsp3) is 0.500. The maximum atomic E-state index is 12.4. The molecule has 6 nitrogen and oxygen atoms in total. The van der Waals surface area contributed by atoms with Crippen LogP contribution in [0.1, 0.15) is 31.4 Å². The van der Waals surface area contributed by atoms with Crippen LogP contribution in [0.5, 0.6) is 0 Å². The first-order valence-electron chi connectivity index (χ1n) is 9.33. The first-order valence-corrected chi connectivity index (χ1v) is 9.33. The van der Waals surface area contributed by atoms with Crippen LogP contribution in [-0.4, -0.2) is 46.6 Å². The number of piperidine rings is 1. The molecule has 2 unspecified atom stereocenters. The Hall–Kier alpha value is -2.50. The number of para-hydroxylation sites is 1. The Morgan fingerprint density at radius 1 is 1.31 bits per heavy atom. The lowest BCUT2D eigenvalue weighted by atomic mass is 9.91. The van der Waals surface area contributed by atoms with Crippen LogP contribution in [0.3, 0.4) is 0 Å². The SMILES string of the molecule is CCc1cccc2c(CCNC(=O)N3CC(C)CC(C(=O)O)C3)c[nH]c12. The van der Waals surface area contributed by atoms with Gasteiger partial charge in [-0.1, -0.05) is 32.0 Å². The van der Waals surface area contributed by atoms with E-state index in [4.69, 9.17) is 0 Å². The first-order chi connectivity index (χ1) is 12.5. The zero-order valence-electron chi connectivity index (χ0n) is 15.4. The summed E-state index contributed by atoms with van der Waals surface area (Å²) in [5.74, 6) is -1.08. The molecule has 140 valence electrons. The van der Waals surface area contributed by atoms with Crippen LogP contribution < -0.4 is 5.32 Å². The van der Waals surface area contributed by atoms with Crippen molar-refractivity contribution in [3.8, 4) is 0 Å². The molecule has 6 heteroatoms. The number of urea groups is 1. The average Bonchev–Trinajstić information content (AvgIpc) is 3.04. The van der Waals surface area contributed by atoms with Crippen LogP contribution in [0, 0.1) is 11.8 Å². The minimum absolute atomic E-state index is 0.170. The van der Waals surface area contributed by atoms with Crippen LogP contribution >= 0.6 is 0 Å². The number of aromatic nitrogens is 1. The number of carboxylic acids is 1. The second kappa shape index (κ2) is 7.81. The summed E-state index contributed by atoms with van der Waals surface area (Å²) in [7, 11) is 0. The molecule has 0 bridgehead atoms. The number of hydrogen-bond donors (Lipinski definition) is 3. The van der Waals surface area contributed by atoms with Gasteiger partial charge in [0.25, 0.3) is 0 Å². The summed E-state index contributed by atoms with van der Waals surface area (Å²) in [6.07, 6.45) is 4.37. The van der Waals surface area contributed by atoms with E-state index in [0.29, 0.717) is 26.1 Å². The van der Waals surface area contributed by atoms with E-state index in [9.17, 15) is 14.7 Å². The summed E-state index contributed by atoms with van der Waals surface area (Å²) in [6, 6.07) is 6.13. The number of carbonyl (C=O) groups excluding carboxylic acids is 1. The van der Waals surface area contributed by atoms with Gasteiger partial charge < -0.3 is 20.3 Å². The third kappa shape index (κ3) is 3.84. The predicted octanol–water partition coefficient (Wildman–Crippen LogP) is 3.03. The van der Waals surface area contributed by atoms with Gasteiger partial charge in [0, 0.05) is 36.7 Å². The normalized spacial score (nSPS) is 20.3. The standard InChI is InChI=1S/C20H27N3O3/c1-3-14-5-4-6-17-15(10-22-18(14)17)7-8-21-20(26)23-11-13(2)9-16(12-23)19(24)25/h4-6,10,13,16,22H,3,7-9,11-12H2,1-2H3,(H,21,26)(H,24,25). The molecule has 0 radical (unpaired) electrons. The third-order valence-electron chi connectivity index (χ3n) is 5.24. The Kier molecular flexibility index (Phi) is 5.49. The number of hydrogen-bond acceptors (Lipinski definition) is 2. The predicted molar refractivity (Wildman–Crippen MR) is 101 cm³/mol. The zero-order chi connectivity index (χ0) is 18.7. The molecular formula is C20H27N3O3. The number of nitrogens with one attached hydrogen (secondary N) is 2. The lowest BCUT2D eigenvalue weighted by Gasteiger charge is -2.34. The van der Waals surface area contributed by atoms with E-state index in [1.165, 1.54) is 22.0 Å². The Labute approximate surface area is 153 Å². The number of fused-ring (bicyclic) bond motifs is 1. The number of H-pyrrole nitrogens is 1. The van der Waals surface area contributed by atoms with E-state index in [1.807, 2.05) is 13.1 Å². The highest BCUT2D eigenvalue weighted by atomic mass is 16.4. The van der Waals surface area contributed by atoms with Crippen LogP contribution in [0.15, 0.2) is 24.4 Å². The van der Waals surface area contributed by atoms with E-state index in [2.05, 4.69) is 35.4 Å². The molecule has 0 aliphatic carbocycles. The van der Waals surface area contributed by atoms with Gasteiger partial charge in [-0.2, -0.15) is 0 Å². The van der Waals surface area contributed by atoms with Gasteiger partial charge in [-0.25, -0.2) is 4.79 Å². The molecule has 3 rings (SSSR count). The number of benzene rings is 1. The van der Waals surface area contributed by atoms with Crippen molar-refractivity contribution in [3.05, 3.63) is 35.5 Å². The summed E-state index contributed by atoms with van der Waals surface area (Å²) < 4.78 is 0. The highest BCUT2D eigenvalue weighted by molar-refractivity contribution is 5.86. The summed E-state index contributed by atoms with van der Waals surface area (Å²) >= 11 is 0. The highest BCUT2D eigenvalue weighted by Crippen LogP contribution is 2.23. The number of nitrogens with zero attached hydrogens (tertiary/aromatic N) is 1. The molecule has 3 N–H and O–H groups in total. The molecule has 1 saturated heterocycles. The average molecular weight is 357 g/mol. The number of carbonyl (C=O) groups is 2. The molecule has 2 aromatic rings. The van der Waals surface area contributed by atoms with Crippen molar-refractivity contribution in [2.24, 2.45) is 11.8 Å². The van der Waals surface area contributed by atoms with Gasteiger partial charge in [-0.15, -0.1) is 0 Å². The summed E-state index contributed by atoms with van der Waals surface area (Å²) in [6.45, 7) is 5.57. The molecule has 0 spiro atoms. The molecule has 2 atom stereocenters. The molecule has 26 heavy (non-hydrogen) atoms. The van der Waals surface area contributed by atoms with Crippen molar-refractivity contribution in [1.82, 2.24) is 15.2 Å². The van der Waals surface area contributed by atoms with E-state index >= 15 is 0 Å². The smallest absolute Gasteiger partial charge is 0.317 e.